The summed E-state index contributed by atoms with van der Waals surface area (Å²) in [6.07, 6.45) is 1.66. The first-order chi connectivity index (χ1) is 14.9. The number of anilines is 1. The van der Waals surface area contributed by atoms with Gasteiger partial charge in [-0.15, -0.1) is 10.2 Å². The minimum atomic E-state index is -0.150. The number of carbonyl (C=O) groups is 2. The molecule has 162 valence electrons. The smallest absolute Gasteiger partial charge is 0.253 e. The van der Waals surface area contributed by atoms with Crippen molar-refractivity contribution in [1.82, 2.24) is 19.7 Å². The summed E-state index contributed by atoms with van der Waals surface area (Å²) in [5, 5.41) is 11.7. The molecule has 1 N–H and O–H groups in total. The first-order valence-corrected chi connectivity index (χ1v) is 11.2. The lowest BCUT2D eigenvalue weighted by molar-refractivity contribution is -0.113. The number of aromatic nitrogens is 3. The molecule has 0 aliphatic heterocycles. The van der Waals surface area contributed by atoms with Crippen LogP contribution in [-0.2, 0) is 4.79 Å². The summed E-state index contributed by atoms with van der Waals surface area (Å²) in [6.45, 7) is 9.33. The second-order valence-electron chi connectivity index (χ2n) is 7.17. The van der Waals surface area contributed by atoms with Gasteiger partial charge < -0.3 is 10.2 Å². The molecule has 0 fully saturated rings. The van der Waals surface area contributed by atoms with Gasteiger partial charge in [-0.05, 0) is 63.6 Å². The van der Waals surface area contributed by atoms with Crippen LogP contribution < -0.4 is 5.32 Å². The van der Waals surface area contributed by atoms with Gasteiger partial charge in [0.05, 0.1) is 11.4 Å². The fourth-order valence-corrected chi connectivity index (χ4v) is 4.00. The Kier molecular flexibility index (Phi) is 7.46. The fourth-order valence-electron chi connectivity index (χ4n) is 3.28. The van der Waals surface area contributed by atoms with Gasteiger partial charge in [-0.2, -0.15) is 0 Å². The van der Waals surface area contributed by atoms with Crippen LogP contribution in [-0.4, -0.2) is 50.3 Å². The van der Waals surface area contributed by atoms with E-state index in [1.165, 1.54) is 17.3 Å². The third-order valence-corrected chi connectivity index (χ3v) is 5.87. The minimum Gasteiger partial charge on any atom is -0.339 e. The van der Waals surface area contributed by atoms with Crippen LogP contribution in [0.3, 0.4) is 0 Å². The Morgan fingerprint density at radius 3 is 2.42 bits per heavy atom. The average Bonchev–Trinajstić information content (AvgIpc) is 3.22. The summed E-state index contributed by atoms with van der Waals surface area (Å²) in [7, 11) is 0. The highest BCUT2D eigenvalue weighted by Crippen LogP contribution is 2.23. The summed E-state index contributed by atoms with van der Waals surface area (Å²) in [4.78, 5) is 26.6. The Bertz CT molecular complexity index is 1060. The molecule has 2 aromatic carbocycles. The van der Waals surface area contributed by atoms with Crippen molar-refractivity contribution < 1.29 is 9.59 Å². The summed E-state index contributed by atoms with van der Waals surface area (Å²) < 4.78 is 1.89. The summed E-state index contributed by atoms with van der Waals surface area (Å²) in [5.41, 5.74) is 4.56. The lowest BCUT2D eigenvalue weighted by Crippen LogP contribution is -2.30. The average molecular weight is 438 g/mol. The predicted molar refractivity (Wildman–Crippen MR) is 124 cm³/mol. The molecule has 0 bridgehead atoms. The van der Waals surface area contributed by atoms with E-state index in [-0.39, 0.29) is 17.6 Å². The zero-order valence-electron chi connectivity index (χ0n) is 18.3. The van der Waals surface area contributed by atoms with E-state index in [2.05, 4.69) is 28.5 Å². The second kappa shape index (κ2) is 10.3. The SMILES string of the molecule is CCN(CC)C(=O)c1ccc(NC(=O)CSc2nncn2-c2ccc(C)cc2C)cc1. The number of amides is 2. The molecule has 8 heteroatoms. The van der Waals surface area contributed by atoms with E-state index in [0.717, 1.165) is 11.3 Å². The van der Waals surface area contributed by atoms with Crippen LogP contribution in [0, 0.1) is 13.8 Å². The molecule has 0 unspecified atom stereocenters. The van der Waals surface area contributed by atoms with Gasteiger partial charge in [0.2, 0.25) is 5.91 Å². The molecule has 7 nitrogen and oxygen atoms in total. The normalized spacial score (nSPS) is 10.7. The fraction of sp³-hybridized carbons (Fsp3) is 0.304. The summed E-state index contributed by atoms with van der Waals surface area (Å²) >= 11 is 1.32. The lowest BCUT2D eigenvalue weighted by atomic mass is 10.1. The molecule has 3 rings (SSSR count). The first-order valence-electron chi connectivity index (χ1n) is 10.2. The van der Waals surface area contributed by atoms with Gasteiger partial charge in [-0.25, -0.2) is 0 Å². The van der Waals surface area contributed by atoms with Crippen LogP contribution in [0.4, 0.5) is 5.69 Å². The third kappa shape index (κ3) is 5.52. The van der Waals surface area contributed by atoms with Crippen molar-refractivity contribution in [2.24, 2.45) is 0 Å². The molecule has 3 aromatic rings. The maximum atomic E-state index is 12.4. The van der Waals surface area contributed by atoms with Crippen LogP contribution in [0.15, 0.2) is 53.9 Å². The van der Waals surface area contributed by atoms with E-state index in [0.29, 0.717) is 29.5 Å². The monoisotopic (exact) mass is 437 g/mol. The van der Waals surface area contributed by atoms with Gasteiger partial charge in [0.25, 0.3) is 5.91 Å². The minimum absolute atomic E-state index is 0.0100. The Morgan fingerprint density at radius 2 is 1.77 bits per heavy atom. The molecular weight excluding hydrogens is 410 g/mol. The van der Waals surface area contributed by atoms with Crippen LogP contribution in [0.25, 0.3) is 5.69 Å². The molecule has 0 aliphatic rings. The highest BCUT2D eigenvalue weighted by atomic mass is 32.2. The molecule has 0 saturated heterocycles. The zero-order chi connectivity index (χ0) is 22.4. The van der Waals surface area contributed by atoms with Crippen molar-refractivity contribution in [2.75, 3.05) is 24.2 Å². The van der Waals surface area contributed by atoms with E-state index in [9.17, 15) is 9.59 Å². The highest BCUT2D eigenvalue weighted by molar-refractivity contribution is 7.99. The van der Waals surface area contributed by atoms with Gasteiger partial charge >= 0.3 is 0 Å². The number of nitrogens with zero attached hydrogens (tertiary/aromatic N) is 4. The molecule has 0 aliphatic carbocycles. The van der Waals surface area contributed by atoms with Crippen LogP contribution in [0.2, 0.25) is 0 Å². The first kappa shape index (κ1) is 22.6. The number of aryl methyl sites for hydroxylation is 2. The molecule has 2 amide bonds. The second-order valence-corrected chi connectivity index (χ2v) is 8.11. The van der Waals surface area contributed by atoms with Gasteiger partial charge in [-0.1, -0.05) is 29.5 Å². The zero-order valence-corrected chi connectivity index (χ0v) is 19.1. The number of hydrogen-bond acceptors (Lipinski definition) is 5. The number of benzene rings is 2. The van der Waals surface area contributed by atoms with Crippen molar-refractivity contribution in [1.29, 1.82) is 0 Å². The lowest BCUT2D eigenvalue weighted by Gasteiger charge is -2.18. The summed E-state index contributed by atoms with van der Waals surface area (Å²) in [5.74, 6) is 0.0381. The standard InChI is InChI=1S/C23H27N5O2S/c1-5-27(6-2)22(30)18-8-10-19(11-9-18)25-21(29)14-31-23-26-24-15-28(23)20-12-7-16(3)13-17(20)4/h7-13,15H,5-6,14H2,1-4H3,(H,25,29). The maximum absolute atomic E-state index is 12.4. The van der Waals surface area contributed by atoms with Crippen LogP contribution >= 0.6 is 11.8 Å². The number of rotatable bonds is 8. The van der Waals surface area contributed by atoms with Gasteiger partial charge in [-0.3, -0.25) is 14.2 Å². The topological polar surface area (TPSA) is 80.1 Å². The van der Waals surface area contributed by atoms with Crippen LogP contribution in [0.1, 0.15) is 35.3 Å². The number of carbonyl (C=O) groups excluding carboxylic acids is 2. The van der Waals surface area contributed by atoms with Crippen molar-refractivity contribution >= 4 is 29.3 Å². The Labute approximate surface area is 186 Å². The van der Waals surface area contributed by atoms with Gasteiger partial charge in [0.15, 0.2) is 5.16 Å². The van der Waals surface area contributed by atoms with E-state index in [4.69, 9.17) is 0 Å². The molecule has 0 saturated carbocycles. The van der Waals surface area contributed by atoms with E-state index < -0.39 is 0 Å². The Morgan fingerprint density at radius 1 is 1.06 bits per heavy atom. The maximum Gasteiger partial charge on any atom is 0.253 e. The molecule has 0 radical (unpaired) electrons. The van der Waals surface area contributed by atoms with E-state index in [1.807, 2.05) is 37.5 Å². The molecule has 1 heterocycles. The van der Waals surface area contributed by atoms with Crippen LogP contribution in [0.5, 0.6) is 0 Å². The number of thioether (sulfide) groups is 1. The predicted octanol–water partition coefficient (Wildman–Crippen LogP) is 4.10. The number of hydrogen-bond donors (Lipinski definition) is 1. The molecule has 1 aromatic heterocycles. The van der Waals surface area contributed by atoms with Crippen molar-refractivity contribution in [3.63, 3.8) is 0 Å². The van der Waals surface area contributed by atoms with E-state index >= 15 is 0 Å². The largest absolute Gasteiger partial charge is 0.339 e. The summed E-state index contributed by atoms with van der Waals surface area (Å²) in [6, 6.07) is 13.1. The molecule has 0 atom stereocenters. The highest BCUT2D eigenvalue weighted by Gasteiger charge is 2.14. The van der Waals surface area contributed by atoms with Crippen molar-refractivity contribution in [3.8, 4) is 5.69 Å². The Balaban J connectivity index is 1.60. The molecule has 31 heavy (non-hydrogen) atoms. The van der Waals surface area contributed by atoms with Gasteiger partial charge in [0, 0.05) is 24.3 Å². The number of nitrogens with one attached hydrogen (secondary N) is 1. The van der Waals surface area contributed by atoms with Crippen molar-refractivity contribution in [3.05, 3.63) is 65.5 Å². The quantitative estimate of drug-likeness (QED) is 0.537. The van der Waals surface area contributed by atoms with Gasteiger partial charge in [0.1, 0.15) is 6.33 Å². The van der Waals surface area contributed by atoms with E-state index in [1.54, 1.807) is 35.5 Å². The molecular formula is C23H27N5O2S. The third-order valence-electron chi connectivity index (χ3n) is 4.93. The van der Waals surface area contributed by atoms with Crippen molar-refractivity contribution in [2.45, 2.75) is 32.9 Å². The molecule has 0 spiro atoms. The Hall–Kier alpha value is -3.13.